The lowest BCUT2D eigenvalue weighted by molar-refractivity contribution is -0.141. The maximum atomic E-state index is 13.0. The molecule has 1 aliphatic heterocycles. The molecule has 0 spiro atoms. The van der Waals surface area contributed by atoms with Gasteiger partial charge in [0.1, 0.15) is 30.0 Å². The van der Waals surface area contributed by atoms with Crippen LogP contribution in [0.25, 0.3) is 10.9 Å². The summed E-state index contributed by atoms with van der Waals surface area (Å²) in [6.07, 6.45) is -3.45. The van der Waals surface area contributed by atoms with Crippen molar-refractivity contribution in [1.82, 2.24) is 20.3 Å². The highest BCUT2D eigenvalue weighted by molar-refractivity contribution is 5.91. The predicted octanol–water partition coefficient (Wildman–Crippen LogP) is 3.34. The molecule has 2 aromatic heterocycles. The lowest BCUT2D eigenvalue weighted by Crippen LogP contribution is -2.41. The summed E-state index contributed by atoms with van der Waals surface area (Å²) in [5, 5.41) is 7.02. The first-order valence-corrected chi connectivity index (χ1v) is 10.4. The van der Waals surface area contributed by atoms with Gasteiger partial charge in [-0.3, -0.25) is 4.98 Å². The van der Waals surface area contributed by atoms with Gasteiger partial charge in [0, 0.05) is 37.3 Å². The summed E-state index contributed by atoms with van der Waals surface area (Å²) in [5.74, 6) is 2.00. The number of morpholine rings is 1. The molecular formula is C22H24F3N5O3. The largest absolute Gasteiger partial charge is 0.493 e. The van der Waals surface area contributed by atoms with E-state index in [0.717, 1.165) is 18.8 Å². The molecule has 4 rings (SSSR count). The van der Waals surface area contributed by atoms with Gasteiger partial charge in [0.2, 0.25) is 0 Å². The highest BCUT2D eigenvalue weighted by Crippen LogP contribution is 2.35. The van der Waals surface area contributed by atoms with E-state index < -0.39 is 11.9 Å². The summed E-state index contributed by atoms with van der Waals surface area (Å²) >= 11 is 0. The van der Waals surface area contributed by atoms with Crippen LogP contribution in [0.1, 0.15) is 17.1 Å². The third-order valence-corrected chi connectivity index (χ3v) is 5.10. The molecule has 0 bridgehead atoms. The molecule has 11 heteroatoms. The Balaban J connectivity index is 1.59. The van der Waals surface area contributed by atoms with E-state index in [1.165, 1.54) is 6.07 Å². The van der Waals surface area contributed by atoms with E-state index in [1.54, 1.807) is 26.2 Å². The van der Waals surface area contributed by atoms with Crippen LogP contribution in [0.3, 0.4) is 0 Å². The average Bonchev–Trinajstić information content (AvgIpc) is 2.81. The lowest BCUT2D eigenvalue weighted by atomic mass is 10.2. The number of nitrogens with zero attached hydrogens (tertiary/aromatic N) is 3. The second-order valence-electron chi connectivity index (χ2n) is 7.55. The summed E-state index contributed by atoms with van der Waals surface area (Å²) in [7, 11) is 1.54. The van der Waals surface area contributed by atoms with Gasteiger partial charge in [0.05, 0.1) is 19.2 Å². The van der Waals surface area contributed by atoms with E-state index >= 15 is 0 Å². The highest BCUT2D eigenvalue weighted by atomic mass is 19.4. The molecule has 176 valence electrons. The fourth-order valence-electron chi connectivity index (χ4n) is 3.49. The van der Waals surface area contributed by atoms with Gasteiger partial charge in [0.15, 0.2) is 11.5 Å². The van der Waals surface area contributed by atoms with E-state index in [2.05, 4.69) is 25.6 Å². The summed E-state index contributed by atoms with van der Waals surface area (Å²) in [5.41, 5.74) is 0.106. The normalized spacial score (nSPS) is 16.6. The Labute approximate surface area is 188 Å². The molecule has 3 heterocycles. The first-order chi connectivity index (χ1) is 15.8. The molecule has 0 amide bonds. The maximum absolute atomic E-state index is 13.0. The zero-order valence-electron chi connectivity index (χ0n) is 18.2. The van der Waals surface area contributed by atoms with Gasteiger partial charge in [-0.05, 0) is 30.7 Å². The molecule has 3 aromatic rings. The number of aryl methyl sites for hydroxylation is 1. The minimum atomic E-state index is -4.51. The Morgan fingerprint density at radius 1 is 1.21 bits per heavy atom. The molecule has 0 radical (unpaired) electrons. The molecular weight excluding hydrogens is 439 g/mol. The average molecular weight is 463 g/mol. The van der Waals surface area contributed by atoms with Crippen molar-refractivity contribution in [1.29, 1.82) is 0 Å². The quantitative estimate of drug-likeness (QED) is 0.552. The Kier molecular flexibility index (Phi) is 6.80. The van der Waals surface area contributed by atoms with Crippen molar-refractivity contribution in [2.45, 2.75) is 25.7 Å². The molecule has 0 unspecified atom stereocenters. The summed E-state index contributed by atoms with van der Waals surface area (Å²) in [6.45, 7) is 4.32. The fraction of sp³-hybridized carbons (Fsp3) is 0.409. The van der Waals surface area contributed by atoms with Crippen LogP contribution in [-0.2, 0) is 17.5 Å². The van der Waals surface area contributed by atoms with Crippen LogP contribution < -0.4 is 20.1 Å². The monoisotopic (exact) mass is 463 g/mol. The molecule has 0 saturated carbocycles. The SMILES string of the molecule is COc1cc2nc(C)nc(NCc3ccnc(C(F)(F)F)c3)c2cc1OC[C@@H]1CNCCO1. The third-order valence-electron chi connectivity index (χ3n) is 5.10. The Morgan fingerprint density at radius 3 is 2.79 bits per heavy atom. The van der Waals surface area contributed by atoms with Gasteiger partial charge in [0.25, 0.3) is 0 Å². The number of fused-ring (bicyclic) bond motifs is 1. The fourth-order valence-corrected chi connectivity index (χ4v) is 3.49. The third kappa shape index (κ3) is 5.60. The molecule has 1 aromatic carbocycles. The second-order valence-corrected chi connectivity index (χ2v) is 7.55. The minimum absolute atomic E-state index is 0.0828. The van der Waals surface area contributed by atoms with Crippen LogP contribution in [0, 0.1) is 6.92 Å². The van der Waals surface area contributed by atoms with Crippen molar-refractivity contribution in [3.05, 3.63) is 47.5 Å². The van der Waals surface area contributed by atoms with Crippen molar-refractivity contribution in [2.24, 2.45) is 0 Å². The van der Waals surface area contributed by atoms with E-state index in [4.69, 9.17) is 14.2 Å². The van der Waals surface area contributed by atoms with Crippen LogP contribution in [0.15, 0.2) is 30.5 Å². The number of hydrogen-bond donors (Lipinski definition) is 2. The van der Waals surface area contributed by atoms with E-state index in [0.29, 0.717) is 59.4 Å². The van der Waals surface area contributed by atoms with Crippen LogP contribution in [0.5, 0.6) is 11.5 Å². The number of halogens is 3. The second kappa shape index (κ2) is 9.75. The summed E-state index contributed by atoms with van der Waals surface area (Å²) in [6, 6.07) is 6.05. The number of ether oxygens (including phenoxy) is 3. The van der Waals surface area contributed by atoms with Crippen molar-refractivity contribution in [2.75, 3.05) is 38.7 Å². The molecule has 8 nitrogen and oxygen atoms in total. The van der Waals surface area contributed by atoms with Crippen LogP contribution in [0.4, 0.5) is 19.0 Å². The minimum Gasteiger partial charge on any atom is -0.493 e. The smallest absolute Gasteiger partial charge is 0.433 e. The molecule has 0 aliphatic carbocycles. The lowest BCUT2D eigenvalue weighted by Gasteiger charge is -2.24. The van der Waals surface area contributed by atoms with Gasteiger partial charge in [-0.2, -0.15) is 13.2 Å². The predicted molar refractivity (Wildman–Crippen MR) is 115 cm³/mol. The number of anilines is 1. The zero-order chi connectivity index (χ0) is 23.4. The topological polar surface area (TPSA) is 90.4 Å². The number of hydrogen-bond acceptors (Lipinski definition) is 8. The number of pyridine rings is 1. The molecule has 1 fully saturated rings. The molecule has 33 heavy (non-hydrogen) atoms. The highest BCUT2D eigenvalue weighted by Gasteiger charge is 2.32. The Hall–Kier alpha value is -3.18. The zero-order valence-corrected chi connectivity index (χ0v) is 18.2. The number of alkyl halides is 3. The van der Waals surface area contributed by atoms with Gasteiger partial charge in [-0.15, -0.1) is 0 Å². The number of aromatic nitrogens is 3. The van der Waals surface area contributed by atoms with Gasteiger partial charge in [-0.1, -0.05) is 0 Å². The van der Waals surface area contributed by atoms with Gasteiger partial charge in [-0.25, -0.2) is 9.97 Å². The molecule has 1 atom stereocenters. The maximum Gasteiger partial charge on any atom is 0.433 e. The van der Waals surface area contributed by atoms with Crippen LogP contribution in [0.2, 0.25) is 0 Å². The van der Waals surface area contributed by atoms with Crippen molar-refractivity contribution in [3.8, 4) is 11.5 Å². The first kappa shape index (κ1) is 23.0. The number of rotatable bonds is 7. The van der Waals surface area contributed by atoms with Crippen molar-refractivity contribution < 1.29 is 27.4 Å². The number of methoxy groups -OCH3 is 1. The van der Waals surface area contributed by atoms with Gasteiger partial charge >= 0.3 is 6.18 Å². The Morgan fingerprint density at radius 2 is 2.06 bits per heavy atom. The van der Waals surface area contributed by atoms with E-state index in [9.17, 15) is 13.2 Å². The summed E-state index contributed by atoms with van der Waals surface area (Å²) in [4.78, 5) is 12.3. The summed E-state index contributed by atoms with van der Waals surface area (Å²) < 4.78 is 56.0. The molecule has 1 saturated heterocycles. The van der Waals surface area contributed by atoms with E-state index in [1.807, 2.05) is 0 Å². The number of nitrogens with one attached hydrogen (secondary N) is 2. The number of benzene rings is 1. The van der Waals surface area contributed by atoms with Crippen molar-refractivity contribution >= 4 is 16.7 Å². The van der Waals surface area contributed by atoms with Crippen LogP contribution in [-0.4, -0.2) is 54.5 Å². The first-order valence-electron chi connectivity index (χ1n) is 10.4. The van der Waals surface area contributed by atoms with Gasteiger partial charge < -0.3 is 24.8 Å². The van der Waals surface area contributed by atoms with Crippen LogP contribution >= 0.6 is 0 Å². The van der Waals surface area contributed by atoms with E-state index in [-0.39, 0.29) is 12.6 Å². The molecule has 1 aliphatic rings. The van der Waals surface area contributed by atoms with Crippen molar-refractivity contribution in [3.63, 3.8) is 0 Å². The molecule has 2 N–H and O–H groups in total. The Bertz CT molecular complexity index is 1120. The standard InChI is InChI=1S/C22H24F3N5O3/c1-13-29-17-9-18(31-2)19(33-12-15-11-26-5-6-32-15)8-16(17)21(30-13)28-10-14-3-4-27-20(7-14)22(23,24)25/h3-4,7-9,15,26H,5-6,10-12H2,1-2H3,(H,28,29,30)/t15-/m0/s1.